The second-order valence-electron chi connectivity index (χ2n) is 4.74. The predicted molar refractivity (Wildman–Crippen MR) is 86.1 cm³/mol. The van der Waals surface area contributed by atoms with Crippen molar-refractivity contribution in [2.24, 2.45) is 0 Å². The highest BCUT2D eigenvalue weighted by Gasteiger charge is 2.19. The molecule has 0 heterocycles. The molecule has 2 aromatic rings. The largest absolute Gasteiger partial charge is 0.449 e. The second-order valence-corrected chi connectivity index (χ2v) is 5.18. The summed E-state index contributed by atoms with van der Waals surface area (Å²) < 4.78 is 5.11. The van der Waals surface area contributed by atoms with Crippen LogP contribution in [0.25, 0.3) is 0 Å². The third-order valence-corrected chi connectivity index (χ3v) is 3.21. The molecular weight excluding hydrogens is 316 g/mol. The summed E-state index contributed by atoms with van der Waals surface area (Å²) in [5.74, 6) is -1.15. The average Bonchev–Trinajstić information content (AvgIpc) is 2.54. The van der Waals surface area contributed by atoms with Gasteiger partial charge in [0.25, 0.3) is 5.91 Å². The topological polar surface area (TPSA) is 79.2 Å². The van der Waals surface area contributed by atoms with Crippen molar-refractivity contribution in [2.45, 2.75) is 13.0 Å². The van der Waals surface area contributed by atoms with Crippen LogP contribution in [0.5, 0.6) is 0 Å². The molecule has 0 saturated carbocycles. The fourth-order valence-corrected chi connectivity index (χ4v) is 2.00. The summed E-state index contributed by atoms with van der Waals surface area (Å²) in [6, 6.07) is 14.7. The van der Waals surface area contributed by atoms with Crippen LogP contribution in [0.15, 0.2) is 48.5 Å². The SMILES string of the molecule is C[C@@H](OC(=O)c1cccc(C#N)c1)C(=O)Nc1cccc(Cl)c1. The minimum absolute atomic E-state index is 0.214. The molecule has 0 aromatic heterocycles. The van der Waals surface area contributed by atoms with Crippen molar-refractivity contribution in [3.8, 4) is 6.07 Å². The van der Waals surface area contributed by atoms with E-state index < -0.39 is 18.0 Å². The summed E-state index contributed by atoms with van der Waals surface area (Å²) in [5.41, 5.74) is 1.07. The number of esters is 1. The van der Waals surface area contributed by atoms with E-state index in [9.17, 15) is 9.59 Å². The zero-order valence-electron chi connectivity index (χ0n) is 12.2. The molecule has 23 heavy (non-hydrogen) atoms. The van der Waals surface area contributed by atoms with E-state index in [0.29, 0.717) is 16.3 Å². The highest BCUT2D eigenvalue weighted by Crippen LogP contribution is 2.15. The number of halogens is 1. The summed E-state index contributed by atoms with van der Waals surface area (Å²) in [6.07, 6.45) is -0.993. The minimum Gasteiger partial charge on any atom is -0.449 e. The summed E-state index contributed by atoms with van der Waals surface area (Å²) in [5, 5.41) is 11.9. The van der Waals surface area contributed by atoms with E-state index in [1.165, 1.54) is 19.1 Å². The number of benzene rings is 2. The number of ether oxygens (including phenoxy) is 1. The Morgan fingerprint density at radius 2 is 1.96 bits per heavy atom. The maximum Gasteiger partial charge on any atom is 0.338 e. The van der Waals surface area contributed by atoms with Gasteiger partial charge in [0.1, 0.15) is 0 Å². The summed E-state index contributed by atoms with van der Waals surface area (Å²) in [6.45, 7) is 1.46. The van der Waals surface area contributed by atoms with Gasteiger partial charge in [-0.3, -0.25) is 4.79 Å². The molecule has 0 saturated heterocycles. The van der Waals surface area contributed by atoms with Crippen LogP contribution in [0.1, 0.15) is 22.8 Å². The van der Waals surface area contributed by atoms with Crippen LogP contribution in [0.2, 0.25) is 5.02 Å². The number of hydrogen-bond donors (Lipinski definition) is 1. The standard InChI is InChI=1S/C17H13ClN2O3/c1-11(16(21)20-15-7-3-6-14(18)9-15)23-17(22)13-5-2-4-12(8-13)10-19/h2-9,11H,1H3,(H,20,21)/t11-/m1/s1. The number of nitrogens with one attached hydrogen (secondary N) is 1. The lowest BCUT2D eigenvalue weighted by Gasteiger charge is -2.13. The summed E-state index contributed by atoms with van der Waals surface area (Å²) in [7, 11) is 0. The van der Waals surface area contributed by atoms with E-state index >= 15 is 0 Å². The Hall–Kier alpha value is -2.84. The van der Waals surface area contributed by atoms with Gasteiger partial charge in [0, 0.05) is 10.7 Å². The number of nitrogens with zero attached hydrogens (tertiary/aromatic N) is 1. The average molecular weight is 329 g/mol. The zero-order chi connectivity index (χ0) is 16.8. The van der Waals surface area contributed by atoms with Crippen molar-refractivity contribution < 1.29 is 14.3 Å². The van der Waals surface area contributed by atoms with Gasteiger partial charge in [-0.05, 0) is 43.3 Å². The minimum atomic E-state index is -0.993. The summed E-state index contributed by atoms with van der Waals surface area (Å²) >= 11 is 5.84. The van der Waals surface area contributed by atoms with E-state index in [-0.39, 0.29) is 5.56 Å². The first-order valence-electron chi connectivity index (χ1n) is 6.77. The van der Waals surface area contributed by atoms with Crippen LogP contribution in [0, 0.1) is 11.3 Å². The fourth-order valence-electron chi connectivity index (χ4n) is 1.81. The first-order chi connectivity index (χ1) is 11.0. The van der Waals surface area contributed by atoms with Crippen molar-refractivity contribution in [2.75, 3.05) is 5.32 Å². The van der Waals surface area contributed by atoms with Gasteiger partial charge < -0.3 is 10.1 Å². The van der Waals surface area contributed by atoms with E-state index in [1.54, 1.807) is 36.4 Å². The molecule has 5 nitrogen and oxygen atoms in total. The highest BCUT2D eigenvalue weighted by molar-refractivity contribution is 6.30. The smallest absolute Gasteiger partial charge is 0.338 e. The number of carbonyl (C=O) groups excluding carboxylic acids is 2. The van der Waals surface area contributed by atoms with Crippen LogP contribution in [-0.2, 0) is 9.53 Å². The van der Waals surface area contributed by atoms with Crippen LogP contribution in [0.3, 0.4) is 0 Å². The van der Waals surface area contributed by atoms with Crippen molar-refractivity contribution in [1.29, 1.82) is 5.26 Å². The Bertz CT molecular complexity index is 783. The van der Waals surface area contributed by atoms with Crippen molar-refractivity contribution in [3.63, 3.8) is 0 Å². The Labute approximate surface area is 138 Å². The van der Waals surface area contributed by atoms with Gasteiger partial charge in [0.2, 0.25) is 0 Å². The van der Waals surface area contributed by atoms with Gasteiger partial charge in [0.15, 0.2) is 6.10 Å². The fraction of sp³-hybridized carbons (Fsp3) is 0.118. The van der Waals surface area contributed by atoms with Crippen LogP contribution in [-0.4, -0.2) is 18.0 Å². The Morgan fingerprint density at radius 3 is 2.65 bits per heavy atom. The molecule has 0 radical (unpaired) electrons. The number of hydrogen-bond acceptors (Lipinski definition) is 4. The molecule has 116 valence electrons. The van der Waals surface area contributed by atoms with Gasteiger partial charge in [0.05, 0.1) is 17.2 Å². The molecule has 6 heteroatoms. The molecule has 0 spiro atoms. The molecule has 0 aliphatic rings. The van der Waals surface area contributed by atoms with E-state index in [1.807, 2.05) is 6.07 Å². The molecular formula is C17H13ClN2O3. The van der Waals surface area contributed by atoms with Crippen molar-refractivity contribution in [1.82, 2.24) is 0 Å². The lowest BCUT2D eigenvalue weighted by molar-refractivity contribution is -0.123. The van der Waals surface area contributed by atoms with Crippen LogP contribution < -0.4 is 5.32 Å². The maximum atomic E-state index is 12.0. The van der Waals surface area contributed by atoms with Crippen molar-refractivity contribution in [3.05, 3.63) is 64.7 Å². The molecule has 0 aliphatic heterocycles. The zero-order valence-corrected chi connectivity index (χ0v) is 13.0. The van der Waals surface area contributed by atoms with Gasteiger partial charge >= 0.3 is 5.97 Å². The lowest BCUT2D eigenvalue weighted by Crippen LogP contribution is -2.30. The molecule has 0 bridgehead atoms. The number of amides is 1. The molecule has 1 N–H and O–H groups in total. The normalized spacial score (nSPS) is 11.2. The molecule has 1 atom stereocenters. The molecule has 2 rings (SSSR count). The Balaban J connectivity index is 2.00. The van der Waals surface area contributed by atoms with Crippen LogP contribution >= 0.6 is 11.6 Å². The van der Waals surface area contributed by atoms with Gasteiger partial charge in [-0.25, -0.2) is 4.79 Å². The van der Waals surface area contributed by atoms with E-state index in [4.69, 9.17) is 21.6 Å². The van der Waals surface area contributed by atoms with Gasteiger partial charge in [-0.2, -0.15) is 5.26 Å². The van der Waals surface area contributed by atoms with Crippen molar-refractivity contribution >= 4 is 29.2 Å². The number of rotatable bonds is 4. The number of anilines is 1. The van der Waals surface area contributed by atoms with E-state index in [2.05, 4.69) is 5.32 Å². The summed E-state index contributed by atoms with van der Waals surface area (Å²) in [4.78, 5) is 24.0. The Morgan fingerprint density at radius 1 is 1.22 bits per heavy atom. The second kappa shape index (κ2) is 7.43. The highest BCUT2D eigenvalue weighted by atomic mass is 35.5. The molecule has 0 unspecified atom stereocenters. The first-order valence-corrected chi connectivity index (χ1v) is 7.15. The third kappa shape index (κ3) is 4.56. The van der Waals surface area contributed by atoms with E-state index in [0.717, 1.165) is 0 Å². The molecule has 2 aromatic carbocycles. The Kier molecular flexibility index (Phi) is 5.34. The third-order valence-electron chi connectivity index (χ3n) is 2.97. The van der Waals surface area contributed by atoms with Crippen LogP contribution in [0.4, 0.5) is 5.69 Å². The number of carbonyl (C=O) groups is 2. The molecule has 0 fully saturated rings. The lowest BCUT2D eigenvalue weighted by atomic mass is 10.1. The van der Waals surface area contributed by atoms with Gasteiger partial charge in [-0.15, -0.1) is 0 Å². The maximum absolute atomic E-state index is 12.0. The monoisotopic (exact) mass is 328 g/mol. The number of nitriles is 1. The molecule has 1 amide bonds. The predicted octanol–water partition coefficient (Wildman–Crippen LogP) is 3.40. The van der Waals surface area contributed by atoms with Gasteiger partial charge in [-0.1, -0.05) is 23.7 Å². The quantitative estimate of drug-likeness (QED) is 0.872. The first kappa shape index (κ1) is 16.5. The molecule has 0 aliphatic carbocycles.